The summed E-state index contributed by atoms with van der Waals surface area (Å²) in [4.78, 5) is 47.9. The molecule has 12 heteroatoms. The van der Waals surface area contributed by atoms with Gasteiger partial charge in [0.25, 0.3) is 5.91 Å². The molecule has 4 aromatic rings. The second-order valence-electron chi connectivity index (χ2n) is 18.8. The Morgan fingerprint density at radius 3 is 2.32 bits per heavy atom. The van der Waals surface area contributed by atoms with E-state index in [0.717, 1.165) is 64.1 Å². The fraction of sp³-hybridized carbons (Fsp3) is 0.458. The van der Waals surface area contributed by atoms with Crippen LogP contribution in [0.15, 0.2) is 66.7 Å². The van der Waals surface area contributed by atoms with Crippen LogP contribution in [0.1, 0.15) is 92.8 Å². The quantitative estimate of drug-likeness (QED) is 0.137. The van der Waals surface area contributed by atoms with E-state index in [-0.39, 0.29) is 22.9 Å². The Morgan fingerprint density at radius 1 is 0.967 bits per heavy atom. The van der Waals surface area contributed by atoms with Crippen molar-refractivity contribution in [3.8, 4) is 22.3 Å². The molecular weight excluding hydrogens is 790 g/mol. The molecule has 0 spiro atoms. The lowest BCUT2D eigenvalue weighted by atomic mass is 9.95. The molecule has 1 aromatic heterocycles. The zero-order chi connectivity index (χ0) is 43.6. The van der Waals surface area contributed by atoms with E-state index in [2.05, 4.69) is 56.3 Å². The van der Waals surface area contributed by atoms with Crippen molar-refractivity contribution in [3.63, 3.8) is 0 Å². The van der Waals surface area contributed by atoms with E-state index < -0.39 is 20.0 Å². The van der Waals surface area contributed by atoms with Crippen LogP contribution in [-0.4, -0.2) is 78.9 Å². The molecule has 2 N–H and O–H groups in total. The molecule has 1 atom stereocenters. The topological polar surface area (TPSA) is 113 Å². The van der Waals surface area contributed by atoms with Crippen molar-refractivity contribution in [1.29, 1.82) is 0 Å². The van der Waals surface area contributed by atoms with E-state index >= 15 is 0 Å². The van der Waals surface area contributed by atoms with Gasteiger partial charge in [-0.15, -0.1) is 0 Å². The summed E-state index contributed by atoms with van der Waals surface area (Å²) in [5.41, 5.74) is 9.09. The minimum atomic E-state index is -1.83. The Morgan fingerprint density at radius 2 is 1.65 bits per heavy atom. The van der Waals surface area contributed by atoms with Gasteiger partial charge in [0, 0.05) is 68.6 Å². The number of benzene rings is 3. The number of hydrogen-bond donors (Lipinski definition) is 2. The van der Waals surface area contributed by atoms with Gasteiger partial charge in [-0.2, -0.15) is 0 Å². The molecule has 0 radical (unpaired) electrons. The van der Waals surface area contributed by atoms with Crippen LogP contribution >= 0.6 is 11.6 Å². The van der Waals surface area contributed by atoms with Crippen molar-refractivity contribution in [2.45, 2.75) is 118 Å². The van der Waals surface area contributed by atoms with Crippen molar-refractivity contribution in [1.82, 2.24) is 20.1 Å². The molecule has 3 heterocycles. The summed E-state index contributed by atoms with van der Waals surface area (Å²) in [7, 11) is -1.83. The number of rotatable bonds is 12. The lowest BCUT2D eigenvalue weighted by molar-refractivity contribution is -0.119. The van der Waals surface area contributed by atoms with E-state index in [9.17, 15) is 14.4 Å². The van der Waals surface area contributed by atoms with Gasteiger partial charge in [-0.05, 0) is 111 Å². The van der Waals surface area contributed by atoms with Crippen LogP contribution in [0.2, 0.25) is 23.2 Å². The molecule has 2 aliphatic heterocycles. The number of ether oxygens (including phenoxy) is 1. The number of pyridine rings is 1. The molecule has 1 fully saturated rings. The fourth-order valence-electron chi connectivity index (χ4n) is 7.58. The summed E-state index contributed by atoms with van der Waals surface area (Å²) in [6, 6.07) is 21.6. The Balaban J connectivity index is 1.15. The molecule has 0 saturated carbocycles. The number of hydrogen-bond acceptors (Lipinski definition) is 7. The van der Waals surface area contributed by atoms with E-state index in [1.807, 2.05) is 94.4 Å². The smallest absolute Gasteiger partial charge is 0.410 e. The first-order chi connectivity index (χ1) is 28.2. The lowest BCUT2D eigenvalue weighted by Crippen LogP contribution is -2.43. The highest BCUT2D eigenvalue weighted by atomic mass is 35.5. The maximum absolute atomic E-state index is 13.8. The summed E-state index contributed by atoms with van der Waals surface area (Å²) in [6.07, 6.45) is 1.62. The molecule has 1 saturated heterocycles. The van der Waals surface area contributed by atoms with Crippen molar-refractivity contribution < 1.29 is 23.5 Å². The number of carbonyl (C=O) groups excluding carboxylic acids is 3. The standard InChI is InChI=1S/C48H62ClN5O5Si/c1-31-27-41(51-42-30-53(24-23-36(31)42)25-26-58-60(9,10)48(6,7)8)45(56)52-40-16-12-13-37(32(40)2)39-15-11-14-38(44(39)49)34-19-17-33(18-20-34)28-54(46(57)59-47(3,4)5)29-35-21-22-43(55)50-35/h11-20,27,35H,21-26,28-30H2,1-10H3,(H,50,55)(H,52,56)/t35-/m0/s1. The average Bonchev–Trinajstić information content (AvgIpc) is 3.58. The first-order valence-corrected chi connectivity index (χ1v) is 24.4. The second-order valence-corrected chi connectivity index (χ2v) is 24.0. The molecule has 0 aliphatic carbocycles. The number of aromatic nitrogens is 1. The van der Waals surface area contributed by atoms with Gasteiger partial charge in [0.2, 0.25) is 5.91 Å². The summed E-state index contributed by atoms with van der Waals surface area (Å²) in [6.45, 7) is 24.8. The molecule has 6 rings (SSSR count). The highest BCUT2D eigenvalue weighted by Crippen LogP contribution is 2.40. The highest BCUT2D eigenvalue weighted by molar-refractivity contribution is 6.74. The van der Waals surface area contributed by atoms with Crippen molar-refractivity contribution in [2.24, 2.45) is 0 Å². The molecule has 0 bridgehead atoms. The predicted molar refractivity (Wildman–Crippen MR) is 244 cm³/mol. The third-order valence-corrected chi connectivity index (χ3v) is 17.0. The number of halogens is 1. The Labute approximate surface area is 362 Å². The molecule has 2 aliphatic rings. The van der Waals surface area contributed by atoms with Gasteiger partial charge in [0.05, 0.1) is 10.7 Å². The van der Waals surface area contributed by atoms with Gasteiger partial charge in [-0.25, -0.2) is 9.78 Å². The zero-order valence-electron chi connectivity index (χ0n) is 37.1. The fourth-order valence-corrected chi connectivity index (χ4v) is 8.96. The maximum atomic E-state index is 13.8. The van der Waals surface area contributed by atoms with Gasteiger partial charge in [-0.3, -0.25) is 14.5 Å². The number of nitrogens with one attached hydrogen (secondary N) is 2. The minimum absolute atomic E-state index is 0.00298. The largest absolute Gasteiger partial charge is 0.444 e. The van der Waals surface area contributed by atoms with Gasteiger partial charge >= 0.3 is 6.09 Å². The highest BCUT2D eigenvalue weighted by Gasteiger charge is 2.37. The minimum Gasteiger partial charge on any atom is -0.444 e. The normalized spacial score (nSPS) is 16.0. The second kappa shape index (κ2) is 18.2. The monoisotopic (exact) mass is 851 g/mol. The maximum Gasteiger partial charge on any atom is 0.410 e. The van der Waals surface area contributed by atoms with Crippen LogP contribution in [0, 0.1) is 13.8 Å². The Hall–Kier alpha value is -4.55. The summed E-state index contributed by atoms with van der Waals surface area (Å²) >= 11 is 7.20. The van der Waals surface area contributed by atoms with Gasteiger partial charge in [0.15, 0.2) is 8.32 Å². The molecule has 60 heavy (non-hydrogen) atoms. The average molecular weight is 853 g/mol. The number of aryl methyl sites for hydroxylation is 1. The van der Waals surface area contributed by atoms with Crippen LogP contribution in [0.4, 0.5) is 10.5 Å². The van der Waals surface area contributed by atoms with Gasteiger partial charge in [0.1, 0.15) is 11.3 Å². The summed E-state index contributed by atoms with van der Waals surface area (Å²) in [5, 5.41) is 6.87. The van der Waals surface area contributed by atoms with Crippen LogP contribution in [-0.2, 0) is 33.5 Å². The van der Waals surface area contributed by atoms with E-state index in [1.165, 1.54) is 5.56 Å². The van der Waals surface area contributed by atoms with Crippen molar-refractivity contribution >= 4 is 43.5 Å². The number of fused-ring (bicyclic) bond motifs is 1. The molecule has 320 valence electrons. The molecular formula is C48H62ClN5O5Si. The summed E-state index contributed by atoms with van der Waals surface area (Å²) < 4.78 is 12.2. The first-order valence-electron chi connectivity index (χ1n) is 21.1. The molecule has 3 amide bonds. The van der Waals surface area contributed by atoms with Crippen LogP contribution in [0.3, 0.4) is 0 Å². The third kappa shape index (κ3) is 10.8. The summed E-state index contributed by atoms with van der Waals surface area (Å²) in [5.74, 6) is -0.249. The lowest BCUT2D eigenvalue weighted by Gasteiger charge is -2.37. The van der Waals surface area contributed by atoms with Gasteiger partial charge in [-0.1, -0.05) is 87.0 Å². The van der Waals surface area contributed by atoms with Crippen molar-refractivity contribution in [2.75, 3.05) is 31.6 Å². The SMILES string of the molecule is Cc1cc(C(=O)Nc2cccc(-c3cccc(-c4ccc(CN(C[C@@H]5CCC(=O)N5)C(=O)OC(C)(C)C)cc4)c3Cl)c2C)nc2c1CCN(CCO[Si](C)(C)C(C)(C)C)C2. The molecule has 10 nitrogen and oxygen atoms in total. The van der Waals surface area contributed by atoms with Crippen LogP contribution < -0.4 is 10.6 Å². The van der Waals surface area contributed by atoms with E-state index in [1.54, 1.807) is 4.90 Å². The zero-order valence-corrected chi connectivity index (χ0v) is 38.8. The predicted octanol–water partition coefficient (Wildman–Crippen LogP) is 10.3. The first kappa shape index (κ1) is 45.0. The Bertz CT molecular complexity index is 2230. The Kier molecular flexibility index (Phi) is 13.6. The molecule has 3 aromatic carbocycles. The molecule has 0 unspecified atom stereocenters. The number of amides is 3. The van der Waals surface area contributed by atoms with Crippen LogP contribution in [0.25, 0.3) is 22.3 Å². The van der Waals surface area contributed by atoms with Crippen molar-refractivity contribution in [3.05, 3.63) is 105 Å². The van der Waals surface area contributed by atoms with E-state index in [0.29, 0.717) is 55.5 Å². The number of carbonyl (C=O) groups is 3. The van der Waals surface area contributed by atoms with E-state index in [4.69, 9.17) is 25.7 Å². The van der Waals surface area contributed by atoms with Gasteiger partial charge < -0.3 is 24.7 Å². The number of anilines is 1. The third-order valence-electron chi connectivity index (χ3n) is 12.1. The number of nitrogens with zero attached hydrogens (tertiary/aromatic N) is 3. The van der Waals surface area contributed by atoms with Crippen LogP contribution in [0.5, 0.6) is 0 Å².